The summed E-state index contributed by atoms with van der Waals surface area (Å²) >= 11 is 0. The number of hydrogen-bond acceptors (Lipinski definition) is 1. The first kappa shape index (κ1) is 13.6. The molecule has 0 spiro atoms. The molecule has 2 aromatic carbocycles. The molecule has 1 aromatic heterocycles. The third kappa shape index (κ3) is 2.24. The van der Waals surface area contributed by atoms with Gasteiger partial charge in [0.1, 0.15) is 0 Å². The molecule has 1 aliphatic rings. The first-order valence-electron chi connectivity index (χ1n) is 8.27. The molecule has 3 aromatic rings. The van der Waals surface area contributed by atoms with E-state index in [0.29, 0.717) is 0 Å². The van der Waals surface area contributed by atoms with Crippen LogP contribution in [0.1, 0.15) is 31.0 Å². The zero-order chi connectivity index (χ0) is 14.9. The molecule has 112 valence electrons. The Kier molecular flexibility index (Phi) is 3.47. The van der Waals surface area contributed by atoms with E-state index in [0.717, 1.165) is 13.1 Å². The molecule has 0 aliphatic carbocycles. The van der Waals surface area contributed by atoms with Gasteiger partial charge >= 0.3 is 0 Å². The van der Waals surface area contributed by atoms with Crippen molar-refractivity contribution in [2.45, 2.75) is 32.9 Å². The van der Waals surface area contributed by atoms with Crippen molar-refractivity contribution in [3.05, 3.63) is 65.9 Å². The standard InChI is InChI=1S/C20H22N2/c1-2-3-12-21-14-17-9-5-7-11-20(17)22-18(15-21)13-16-8-4-6-10-19(16)22/h4-11,13H,2-3,12,14-15H2,1H3. The van der Waals surface area contributed by atoms with Gasteiger partial charge in [-0.2, -0.15) is 0 Å². The first-order valence-corrected chi connectivity index (χ1v) is 8.27. The Bertz CT molecular complexity index is 800. The van der Waals surface area contributed by atoms with Gasteiger partial charge in [-0.05, 0) is 36.7 Å². The van der Waals surface area contributed by atoms with Crippen LogP contribution in [-0.4, -0.2) is 16.0 Å². The Morgan fingerprint density at radius 3 is 2.68 bits per heavy atom. The van der Waals surface area contributed by atoms with Crippen LogP contribution in [0.3, 0.4) is 0 Å². The quantitative estimate of drug-likeness (QED) is 0.676. The molecule has 0 amide bonds. The number of para-hydroxylation sites is 2. The topological polar surface area (TPSA) is 8.17 Å². The minimum atomic E-state index is 1.03. The van der Waals surface area contributed by atoms with E-state index < -0.39 is 0 Å². The van der Waals surface area contributed by atoms with E-state index in [1.807, 2.05) is 0 Å². The molecular weight excluding hydrogens is 268 g/mol. The van der Waals surface area contributed by atoms with Crippen LogP contribution in [0.25, 0.3) is 16.6 Å². The van der Waals surface area contributed by atoms with Crippen LogP contribution in [0, 0.1) is 0 Å². The molecule has 4 rings (SSSR count). The van der Waals surface area contributed by atoms with E-state index in [4.69, 9.17) is 0 Å². The lowest BCUT2D eigenvalue weighted by Crippen LogP contribution is -2.22. The molecule has 0 atom stereocenters. The predicted octanol–water partition coefficient (Wildman–Crippen LogP) is 4.75. The molecule has 0 radical (unpaired) electrons. The minimum Gasteiger partial charge on any atom is -0.312 e. The molecule has 0 fully saturated rings. The smallest absolute Gasteiger partial charge is 0.0532 e. The number of unbranched alkanes of at least 4 members (excludes halogenated alkanes) is 1. The van der Waals surface area contributed by atoms with E-state index in [2.05, 4.69) is 71.0 Å². The Balaban J connectivity index is 1.90. The summed E-state index contributed by atoms with van der Waals surface area (Å²) in [7, 11) is 0. The fourth-order valence-corrected chi connectivity index (χ4v) is 3.54. The maximum atomic E-state index is 2.58. The van der Waals surface area contributed by atoms with Crippen LogP contribution in [0.5, 0.6) is 0 Å². The Morgan fingerprint density at radius 2 is 1.77 bits per heavy atom. The molecule has 2 nitrogen and oxygen atoms in total. The molecule has 2 heteroatoms. The van der Waals surface area contributed by atoms with E-state index in [9.17, 15) is 0 Å². The minimum absolute atomic E-state index is 1.03. The third-order valence-corrected chi connectivity index (χ3v) is 4.63. The first-order chi connectivity index (χ1) is 10.9. The van der Waals surface area contributed by atoms with Gasteiger partial charge < -0.3 is 4.57 Å². The van der Waals surface area contributed by atoms with Crippen LogP contribution in [-0.2, 0) is 13.1 Å². The Hall–Kier alpha value is -2.06. The summed E-state index contributed by atoms with van der Waals surface area (Å²) in [5.74, 6) is 0. The molecule has 22 heavy (non-hydrogen) atoms. The summed E-state index contributed by atoms with van der Waals surface area (Å²) in [4.78, 5) is 2.58. The zero-order valence-electron chi connectivity index (χ0n) is 13.1. The molecule has 0 saturated heterocycles. The number of rotatable bonds is 3. The molecule has 2 heterocycles. The van der Waals surface area contributed by atoms with Crippen LogP contribution >= 0.6 is 0 Å². The van der Waals surface area contributed by atoms with Crippen molar-refractivity contribution in [2.24, 2.45) is 0 Å². The normalized spacial score (nSPS) is 14.6. The highest BCUT2D eigenvalue weighted by molar-refractivity contribution is 5.83. The highest BCUT2D eigenvalue weighted by Crippen LogP contribution is 2.30. The highest BCUT2D eigenvalue weighted by Gasteiger charge is 2.20. The lowest BCUT2D eigenvalue weighted by molar-refractivity contribution is 0.253. The van der Waals surface area contributed by atoms with Gasteiger partial charge in [-0.15, -0.1) is 0 Å². The molecule has 1 aliphatic heterocycles. The summed E-state index contributed by atoms with van der Waals surface area (Å²) < 4.78 is 2.45. The SMILES string of the molecule is CCCCN1Cc2ccccc2-n2c(cc3ccccc32)C1. The highest BCUT2D eigenvalue weighted by atomic mass is 15.2. The molecular formula is C20H22N2. The summed E-state index contributed by atoms with van der Waals surface area (Å²) in [6, 6.07) is 19.9. The maximum absolute atomic E-state index is 2.58. The van der Waals surface area contributed by atoms with Crippen molar-refractivity contribution in [1.82, 2.24) is 9.47 Å². The third-order valence-electron chi connectivity index (χ3n) is 4.63. The Labute approximate surface area is 132 Å². The van der Waals surface area contributed by atoms with Gasteiger partial charge in [0.15, 0.2) is 0 Å². The van der Waals surface area contributed by atoms with Crippen molar-refractivity contribution in [3.63, 3.8) is 0 Å². The molecule has 0 bridgehead atoms. The zero-order valence-corrected chi connectivity index (χ0v) is 13.1. The lowest BCUT2D eigenvalue weighted by atomic mass is 10.1. The average Bonchev–Trinajstić information content (AvgIpc) is 2.83. The van der Waals surface area contributed by atoms with Crippen molar-refractivity contribution in [2.75, 3.05) is 6.54 Å². The summed E-state index contributed by atoms with van der Waals surface area (Å²) in [5, 5.41) is 1.34. The van der Waals surface area contributed by atoms with Gasteiger partial charge in [-0.25, -0.2) is 0 Å². The second-order valence-corrected chi connectivity index (χ2v) is 6.22. The maximum Gasteiger partial charge on any atom is 0.0532 e. The fourth-order valence-electron chi connectivity index (χ4n) is 3.54. The lowest BCUT2D eigenvalue weighted by Gasteiger charge is -2.19. The van der Waals surface area contributed by atoms with E-state index in [1.54, 1.807) is 0 Å². The van der Waals surface area contributed by atoms with Gasteiger partial charge in [-0.1, -0.05) is 49.7 Å². The number of nitrogens with zero attached hydrogens (tertiary/aromatic N) is 2. The van der Waals surface area contributed by atoms with E-state index in [1.165, 1.54) is 47.2 Å². The number of benzene rings is 2. The molecule has 0 unspecified atom stereocenters. The number of hydrogen-bond donors (Lipinski definition) is 0. The van der Waals surface area contributed by atoms with Gasteiger partial charge in [0.05, 0.1) is 11.2 Å². The summed E-state index contributed by atoms with van der Waals surface area (Å²) in [6.45, 7) is 5.52. The van der Waals surface area contributed by atoms with E-state index >= 15 is 0 Å². The molecule has 0 saturated carbocycles. The van der Waals surface area contributed by atoms with Crippen molar-refractivity contribution >= 4 is 10.9 Å². The second-order valence-electron chi connectivity index (χ2n) is 6.22. The van der Waals surface area contributed by atoms with Gasteiger partial charge in [0.25, 0.3) is 0 Å². The van der Waals surface area contributed by atoms with Crippen molar-refractivity contribution in [3.8, 4) is 5.69 Å². The predicted molar refractivity (Wildman–Crippen MR) is 92.3 cm³/mol. The number of aromatic nitrogens is 1. The van der Waals surface area contributed by atoms with Crippen molar-refractivity contribution in [1.29, 1.82) is 0 Å². The second kappa shape index (κ2) is 5.62. The number of fused-ring (bicyclic) bond motifs is 5. The van der Waals surface area contributed by atoms with Crippen LogP contribution in [0.4, 0.5) is 0 Å². The van der Waals surface area contributed by atoms with Crippen LogP contribution in [0.2, 0.25) is 0 Å². The summed E-state index contributed by atoms with van der Waals surface area (Å²) in [5.41, 5.74) is 5.50. The van der Waals surface area contributed by atoms with Crippen molar-refractivity contribution < 1.29 is 0 Å². The van der Waals surface area contributed by atoms with Crippen LogP contribution in [0.15, 0.2) is 54.6 Å². The monoisotopic (exact) mass is 290 g/mol. The van der Waals surface area contributed by atoms with Gasteiger partial charge in [0, 0.05) is 24.2 Å². The Morgan fingerprint density at radius 1 is 0.955 bits per heavy atom. The van der Waals surface area contributed by atoms with Gasteiger partial charge in [0.2, 0.25) is 0 Å². The summed E-state index contributed by atoms with van der Waals surface area (Å²) in [6.07, 6.45) is 2.52. The van der Waals surface area contributed by atoms with Gasteiger partial charge in [-0.3, -0.25) is 4.90 Å². The van der Waals surface area contributed by atoms with E-state index in [-0.39, 0.29) is 0 Å². The molecule has 0 N–H and O–H groups in total. The fraction of sp³-hybridized carbons (Fsp3) is 0.300. The van der Waals surface area contributed by atoms with Crippen LogP contribution < -0.4 is 0 Å². The largest absolute Gasteiger partial charge is 0.312 e. The average molecular weight is 290 g/mol.